The molecular formula is C14H23N3O2S. The van der Waals surface area contributed by atoms with E-state index in [4.69, 9.17) is 0 Å². The molecule has 1 aliphatic carbocycles. The third-order valence-electron chi connectivity index (χ3n) is 3.96. The van der Waals surface area contributed by atoms with Gasteiger partial charge in [0.2, 0.25) is 5.91 Å². The van der Waals surface area contributed by atoms with Crippen LogP contribution in [0.3, 0.4) is 0 Å². The van der Waals surface area contributed by atoms with Gasteiger partial charge in [-0.15, -0.1) is 11.3 Å². The molecule has 1 heterocycles. The summed E-state index contributed by atoms with van der Waals surface area (Å²) < 4.78 is 0. The van der Waals surface area contributed by atoms with Crippen molar-refractivity contribution in [1.82, 2.24) is 10.3 Å². The smallest absolute Gasteiger partial charge is 0.240 e. The summed E-state index contributed by atoms with van der Waals surface area (Å²) in [6.07, 6.45) is 4.98. The van der Waals surface area contributed by atoms with Crippen LogP contribution in [-0.4, -0.2) is 34.7 Å². The minimum Gasteiger partial charge on any atom is -0.394 e. The van der Waals surface area contributed by atoms with E-state index in [0.717, 1.165) is 42.7 Å². The minimum atomic E-state index is -0.259. The van der Waals surface area contributed by atoms with Crippen molar-refractivity contribution in [3.05, 3.63) is 10.6 Å². The topological polar surface area (TPSA) is 74.2 Å². The fourth-order valence-electron chi connectivity index (χ4n) is 2.68. The highest BCUT2D eigenvalue weighted by Crippen LogP contribution is 2.29. The Kier molecular flexibility index (Phi) is 5.12. The summed E-state index contributed by atoms with van der Waals surface area (Å²) in [5.74, 6) is -0.0962. The van der Waals surface area contributed by atoms with E-state index >= 15 is 0 Å². The second kappa shape index (κ2) is 6.65. The fourth-order valence-corrected chi connectivity index (χ4v) is 3.60. The molecule has 2 rings (SSSR count). The van der Waals surface area contributed by atoms with Gasteiger partial charge in [-0.3, -0.25) is 4.79 Å². The molecule has 5 nitrogen and oxygen atoms in total. The first-order chi connectivity index (χ1) is 9.58. The molecule has 0 aliphatic heterocycles. The zero-order chi connectivity index (χ0) is 14.6. The van der Waals surface area contributed by atoms with Crippen LogP contribution in [0.5, 0.6) is 0 Å². The van der Waals surface area contributed by atoms with Crippen LogP contribution in [0.2, 0.25) is 0 Å². The van der Waals surface area contributed by atoms with E-state index in [1.807, 2.05) is 6.92 Å². The number of nitrogens with zero attached hydrogens (tertiary/aromatic N) is 1. The molecular weight excluding hydrogens is 274 g/mol. The van der Waals surface area contributed by atoms with Crippen molar-refractivity contribution in [2.24, 2.45) is 0 Å². The van der Waals surface area contributed by atoms with Crippen LogP contribution >= 0.6 is 11.3 Å². The molecule has 3 N–H and O–H groups in total. The molecule has 0 aromatic carbocycles. The van der Waals surface area contributed by atoms with Gasteiger partial charge in [0.25, 0.3) is 0 Å². The number of nitrogens with one attached hydrogen (secondary N) is 2. The Labute approximate surface area is 123 Å². The van der Waals surface area contributed by atoms with Crippen LogP contribution in [0.1, 0.15) is 43.2 Å². The Hall–Kier alpha value is -0.980. The SMILES string of the molecule is CCc1nc(NC(=O)CNC2(CO)CCCC2)sc1C. The van der Waals surface area contributed by atoms with Crippen molar-refractivity contribution < 1.29 is 9.90 Å². The third-order valence-corrected chi connectivity index (χ3v) is 4.89. The Morgan fingerprint density at radius 2 is 2.15 bits per heavy atom. The van der Waals surface area contributed by atoms with Gasteiger partial charge in [-0.2, -0.15) is 0 Å². The van der Waals surface area contributed by atoms with Crippen molar-refractivity contribution in [1.29, 1.82) is 0 Å². The number of anilines is 1. The number of amides is 1. The molecule has 1 aliphatic rings. The molecule has 1 amide bonds. The van der Waals surface area contributed by atoms with Gasteiger partial charge in [0, 0.05) is 10.4 Å². The fraction of sp³-hybridized carbons (Fsp3) is 0.714. The first-order valence-corrected chi connectivity index (χ1v) is 8.02. The minimum absolute atomic E-state index is 0.0939. The van der Waals surface area contributed by atoms with Crippen LogP contribution in [0, 0.1) is 6.92 Å². The maximum atomic E-state index is 11.9. The van der Waals surface area contributed by atoms with E-state index in [2.05, 4.69) is 22.5 Å². The number of rotatable bonds is 6. The number of aryl methyl sites for hydroxylation is 2. The number of aromatic nitrogens is 1. The summed E-state index contributed by atoms with van der Waals surface area (Å²) in [5, 5.41) is 16.2. The van der Waals surface area contributed by atoms with Crippen molar-refractivity contribution in [2.75, 3.05) is 18.5 Å². The van der Waals surface area contributed by atoms with E-state index in [9.17, 15) is 9.90 Å². The summed E-state index contributed by atoms with van der Waals surface area (Å²) in [6.45, 7) is 4.39. The number of hydrogen-bond acceptors (Lipinski definition) is 5. The number of aliphatic hydroxyl groups is 1. The summed E-state index contributed by atoms with van der Waals surface area (Å²) in [7, 11) is 0. The lowest BCUT2D eigenvalue weighted by Crippen LogP contribution is -2.49. The second-order valence-corrected chi connectivity index (χ2v) is 6.63. The van der Waals surface area contributed by atoms with Crippen LogP contribution in [0.25, 0.3) is 0 Å². The zero-order valence-electron chi connectivity index (χ0n) is 12.2. The molecule has 0 bridgehead atoms. The van der Waals surface area contributed by atoms with Gasteiger partial charge < -0.3 is 15.7 Å². The first kappa shape index (κ1) is 15.4. The van der Waals surface area contributed by atoms with E-state index in [1.165, 1.54) is 11.3 Å². The molecule has 0 spiro atoms. The predicted octanol–water partition coefficient (Wildman–Crippen LogP) is 1.85. The summed E-state index contributed by atoms with van der Waals surface area (Å²) in [6, 6.07) is 0. The van der Waals surface area contributed by atoms with Crippen LogP contribution < -0.4 is 10.6 Å². The number of thiazole rings is 1. The van der Waals surface area contributed by atoms with Crippen molar-refractivity contribution >= 4 is 22.4 Å². The Balaban J connectivity index is 1.85. The van der Waals surface area contributed by atoms with Crippen molar-refractivity contribution in [2.45, 2.75) is 51.5 Å². The molecule has 1 fully saturated rings. The normalized spacial score (nSPS) is 17.4. The molecule has 112 valence electrons. The van der Waals surface area contributed by atoms with Gasteiger partial charge in [-0.05, 0) is 26.2 Å². The number of carbonyl (C=O) groups excluding carboxylic acids is 1. The lowest BCUT2D eigenvalue weighted by atomic mass is 9.99. The largest absolute Gasteiger partial charge is 0.394 e. The average Bonchev–Trinajstić information content (AvgIpc) is 3.04. The molecule has 0 unspecified atom stereocenters. The Bertz CT molecular complexity index is 467. The van der Waals surface area contributed by atoms with Crippen LogP contribution in [-0.2, 0) is 11.2 Å². The lowest BCUT2D eigenvalue weighted by molar-refractivity contribution is -0.115. The average molecular weight is 297 g/mol. The molecule has 20 heavy (non-hydrogen) atoms. The molecule has 1 saturated carbocycles. The van der Waals surface area contributed by atoms with Gasteiger partial charge in [-0.1, -0.05) is 19.8 Å². The van der Waals surface area contributed by atoms with E-state index < -0.39 is 0 Å². The highest BCUT2D eigenvalue weighted by molar-refractivity contribution is 7.15. The third kappa shape index (κ3) is 3.56. The second-order valence-electron chi connectivity index (χ2n) is 5.42. The van der Waals surface area contributed by atoms with Gasteiger partial charge >= 0.3 is 0 Å². The molecule has 0 saturated heterocycles. The summed E-state index contributed by atoms with van der Waals surface area (Å²) in [5.41, 5.74) is 0.783. The lowest BCUT2D eigenvalue weighted by Gasteiger charge is -2.27. The van der Waals surface area contributed by atoms with Crippen LogP contribution in [0.4, 0.5) is 5.13 Å². The summed E-state index contributed by atoms with van der Waals surface area (Å²) >= 11 is 1.51. The molecule has 0 atom stereocenters. The highest BCUT2D eigenvalue weighted by atomic mass is 32.1. The highest BCUT2D eigenvalue weighted by Gasteiger charge is 2.32. The molecule has 0 radical (unpaired) electrons. The Morgan fingerprint density at radius 1 is 1.45 bits per heavy atom. The number of hydrogen-bond donors (Lipinski definition) is 3. The van der Waals surface area contributed by atoms with Crippen molar-refractivity contribution in [3.63, 3.8) is 0 Å². The quantitative estimate of drug-likeness (QED) is 0.749. The first-order valence-electron chi connectivity index (χ1n) is 7.20. The van der Waals surface area contributed by atoms with Gasteiger partial charge in [0.05, 0.1) is 18.8 Å². The standard InChI is InChI=1S/C14H23N3O2S/c1-3-11-10(2)20-13(16-11)17-12(19)8-15-14(9-18)6-4-5-7-14/h15,18H,3-9H2,1-2H3,(H,16,17,19). The number of carbonyl (C=O) groups is 1. The molecule has 1 aromatic rings. The Morgan fingerprint density at radius 3 is 2.70 bits per heavy atom. The maximum Gasteiger partial charge on any atom is 0.240 e. The van der Waals surface area contributed by atoms with E-state index in [-0.39, 0.29) is 24.6 Å². The van der Waals surface area contributed by atoms with Crippen molar-refractivity contribution in [3.8, 4) is 0 Å². The van der Waals surface area contributed by atoms with Gasteiger partial charge in [0.15, 0.2) is 5.13 Å². The zero-order valence-corrected chi connectivity index (χ0v) is 13.0. The monoisotopic (exact) mass is 297 g/mol. The summed E-state index contributed by atoms with van der Waals surface area (Å²) in [4.78, 5) is 17.5. The van der Waals surface area contributed by atoms with Crippen LogP contribution in [0.15, 0.2) is 0 Å². The van der Waals surface area contributed by atoms with Gasteiger partial charge in [-0.25, -0.2) is 4.98 Å². The molecule has 6 heteroatoms. The maximum absolute atomic E-state index is 11.9. The van der Waals surface area contributed by atoms with E-state index in [0.29, 0.717) is 5.13 Å². The predicted molar refractivity (Wildman–Crippen MR) is 81.1 cm³/mol. The van der Waals surface area contributed by atoms with E-state index in [1.54, 1.807) is 0 Å². The van der Waals surface area contributed by atoms with Gasteiger partial charge in [0.1, 0.15) is 0 Å². The molecule has 1 aromatic heterocycles. The number of aliphatic hydroxyl groups excluding tert-OH is 1.